The summed E-state index contributed by atoms with van der Waals surface area (Å²) in [6, 6.07) is 0. The molecule has 540 valence electrons. The molecule has 0 rings (SSSR count). The number of allylic oxidation sites excluding steroid dienone is 14. The maximum Gasteiger partial charge on any atom is 0.472 e. The SMILES string of the molecule is CC/C=C\C/C=C\C/C=C\C/C=C\C/C=C\C/C=C\CCCCCCCCCCCCCCC(=O)OCC(O)COP(=O)(O)OCC(O)COP(=O)(O)OCC(COC(=O)CCCCCCC/C=C\CCCCCC)OC(=O)CCCCCCCCCCCCCCC. The fourth-order valence-corrected chi connectivity index (χ4v) is 11.6. The van der Waals surface area contributed by atoms with Crippen molar-refractivity contribution >= 4 is 33.6 Å². The van der Waals surface area contributed by atoms with Gasteiger partial charge in [0.05, 0.1) is 26.4 Å². The Kier molecular flexibility index (Phi) is 66.2. The first-order valence-electron chi connectivity index (χ1n) is 36.9. The van der Waals surface area contributed by atoms with E-state index in [1.165, 1.54) is 128 Å². The van der Waals surface area contributed by atoms with E-state index in [0.717, 1.165) is 128 Å². The summed E-state index contributed by atoms with van der Waals surface area (Å²) in [5, 5.41) is 20.6. The van der Waals surface area contributed by atoms with Crippen LogP contribution in [-0.4, -0.2) is 95.9 Å². The highest BCUT2D eigenvalue weighted by molar-refractivity contribution is 7.47. The number of aliphatic hydroxyl groups excluding tert-OH is 2. The number of aliphatic hydroxyl groups is 2. The summed E-state index contributed by atoms with van der Waals surface area (Å²) in [4.78, 5) is 58.4. The van der Waals surface area contributed by atoms with Crippen LogP contribution in [-0.2, 0) is 55.8 Å². The van der Waals surface area contributed by atoms with Crippen molar-refractivity contribution in [2.75, 3.05) is 39.6 Å². The van der Waals surface area contributed by atoms with E-state index in [-0.39, 0.29) is 19.3 Å². The Labute approximate surface area is 565 Å². The number of hydrogen-bond donors (Lipinski definition) is 4. The molecule has 0 aliphatic heterocycles. The van der Waals surface area contributed by atoms with Crippen molar-refractivity contribution in [3.8, 4) is 0 Å². The Morgan fingerprint density at radius 2 is 0.570 bits per heavy atom. The van der Waals surface area contributed by atoms with Gasteiger partial charge in [-0.15, -0.1) is 0 Å². The second kappa shape index (κ2) is 68.7. The van der Waals surface area contributed by atoms with Crippen LogP contribution in [0.4, 0.5) is 0 Å². The Hall–Kier alpha value is -3.27. The number of phosphoric acid groups is 2. The predicted molar refractivity (Wildman–Crippen MR) is 381 cm³/mol. The normalized spacial score (nSPS) is 14.6. The van der Waals surface area contributed by atoms with Crippen LogP contribution in [0.2, 0.25) is 0 Å². The minimum atomic E-state index is -4.92. The van der Waals surface area contributed by atoms with Gasteiger partial charge in [-0.1, -0.05) is 286 Å². The Bertz CT molecular complexity index is 2040. The summed E-state index contributed by atoms with van der Waals surface area (Å²) in [6.07, 6.45) is 75.1. The zero-order chi connectivity index (χ0) is 68.1. The molecule has 16 nitrogen and oxygen atoms in total. The second-order valence-corrected chi connectivity index (χ2v) is 27.6. The van der Waals surface area contributed by atoms with Gasteiger partial charge in [-0.25, -0.2) is 9.13 Å². The van der Waals surface area contributed by atoms with Gasteiger partial charge in [0.1, 0.15) is 25.4 Å². The Morgan fingerprint density at radius 3 is 0.925 bits per heavy atom. The van der Waals surface area contributed by atoms with Gasteiger partial charge in [0.15, 0.2) is 6.10 Å². The van der Waals surface area contributed by atoms with Gasteiger partial charge >= 0.3 is 33.6 Å². The van der Waals surface area contributed by atoms with Gasteiger partial charge in [0.2, 0.25) is 0 Å². The molecule has 0 aromatic carbocycles. The molecule has 0 aliphatic carbocycles. The van der Waals surface area contributed by atoms with Crippen LogP contribution in [0.1, 0.15) is 316 Å². The summed E-state index contributed by atoms with van der Waals surface area (Å²) in [5.41, 5.74) is 0. The third kappa shape index (κ3) is 69.9. The van der Waals surface area contributed by atoms with Crippen LogP contribution in [0.5, 0.6) is 0 Å². The average Bonchev–Trinajstić information content (AvgIpc) is 3.55. The van der Waals surface area contributed by atoms with Crippen molar-refractivity contribution in [3.05, 3.63) is 85.1 Å². The third-order valence-electron chi connectivity index (χ3n) is 15.6. The van der Waals surface area contributed by atoms with Gasteiger partial charge in [-0.2, -0.15) is 0 Å². The molecule has 0 saturated carbocycles. The van der Waals surface area contributed by atoms with Crippen molar-refractivity contribution in [3.63, 3.8) is 0 Å². The van der Waals surface area contributed by atoms with Crippen molar-refractivity contribution in [2.45, 2.75) is 334 Å². The van der Waals surface area contributed by atoms with E-state index in [2.05, 4.69) is 106 Å². The van der Waals surface area contributed by atoms with Crippen LogP contribution < -0.4 is 0 Å². The molecule has 4 N–H and O–H groups in total. The molecule has 0 spiro atoms. The van der Waals surface area contributed by atoms with Crippen LogP contribution in [0.3, 0.4) is 0 Å². The molecule has 93 heavy (non-hydrogen) atoms. The van der Waals surface area contributed by atoms with Crippen LogP contribution in [0.15, 0.2) is 85.1 Å². The molecular formula is C75H134O16P2. The summed E-state index contributed by atoms with van der Waals surface area (Å²) in [7, 11) is -9.76. The number of carbonyl (C=O) groups excluding carboxylic acids is 3. The monoisotopic (exact) mass is 1350 g/mol. The molecule has 18 heteroatoms. The van der Waals surface area contributed by atoms with Gasteiger partial charge in [-0.3, -0.25) is 32.5 Å². The topological polar surface area (TPSA) is 231 Å². The lowest BCUT2D eigenvalue weighted by molar-refractivity contribution is -0.161. The van der Waals surface area contributed by atoms with E-state index < -0.39 is 91.5 Å². The third-order valence-corrected chi connectivity index (χ3v) is 17.5. The van der Waals surface area contributed by atoms with E-state index in [0.29, 0.717) is 19.3 Å². The molecule has 0 heterocycles. The van der Waals surface area contributed by atoms with E-state index in [4.69, 9.17) is 32.3 Å². The summed E-state index contributed by atoms with van der Waals surface area (Å²) < 4.78 is 60.9. The zero-order valence-corrected chi connectivity index (χ0v) is 60.5. The summed E-state index contributed by atoms with van der Waals surface area (Å²) in [6.45, 7) is 2.56. The lowest BCUT2D eigenvalue weighted by Gasteiger charge is -2.21. The Balaban J connectivity index is 4.38. The summed E-state index contributed by atoms with van der Waals surface area (Å²) in [5.74, 6) is -1.57. The molecule has 0 aromatic rings. The standard InChI is InChI=1S/C75H134O16P2/c1-4-7-10-13-16-19-22-25-26-27-28-29-30-31-32-33-34-35-36-37-38-39-40-41-42-45-47-49-52-55-58-61-73(78)85-64-70(76)65-87-92(81,82)88-66-71(77)67-89-93(83,84)90-69-72(91-75(80)63-60-57-54-51-48-44-24-21-18-15-12-9-6-3)68-86-74(79)62-59-56-53-50-46-43-23-20-17-14-11-8-5-2/h7,10,16,19-20,23,25-26,28-29,31-32,34-35,70-72,76-77H,4-6,8-9,11-15,17-18,21-22,24,27,30,33,36-69H2,1-3H3,(H,81,82)(H,83,84)/b10-7-,19-16-,23-20-,26-25-,29-28-,32-31-,35-34-. The quantitative estimate of drug-likeness (QED) is 0.0146. The summed E-state index contributed by atoms with van der Waals surface area (Å²) >= 11 is 0. The molecule has 0 bridgehead atoms. The average molecular weight is 1350 g/mol. The zero-order valence-electron chi connectivity index (χ0n) is 58.7. The lowest BCUT2D eigenvalue weighted by Crippen LogP contribution is -2.30. The maximum atomic E-state index is 12.9. The largest absolute Gasteiger partial charge is 0.472 e. The van der Waals surface area contributed by atoms with Gasteiger partial charge < -0.3 is 34.2 Å². The van der Waals surface area contributed by atoms with E-state index in [1.54, 1.807) is 0 Å². The van der Waals surface area contributed by atoms with Gasteiger partial charge in [0, 0.05) is 19.3 Å². The number of phosphoric ester groups is 2. The molecule has 0 radical (unpaired) electrons. The number of carbonyl (C=O) groups is 3. The molecule has 0 aliphatic rings. The maximum absolute atomic E-state index is 12.9. The first kappa shape index (κ1) is 89.7. The fourth-order valence-electron chi connectivity index (χ4n) is 9.98. The molecule has 0 fully saturated rings. The van der Waals surface area contributed by atoms with E-state index in [1.807, 2.05) is 0 Å². The molecule has 0 aromatic heterocycles. The highest BCUT2D eigenvalue weighted by atomic mass is 31.2. The number of rotatable bonds is 70. The van der Waals surface area contributed by atoms with Gasteiger partial charge in [0.25, 0.3) is 0 Å². The van der Waals surface area contributed by atoms with E-state index >= 15 is 0 Å². The van der Waals surface area contributed by atoms with Gasteiger partial charge in [-0.05, 0) is 96.3 Å². The number of unbranched alkanes of at least 4 members (excludes halogenated alkanes) is 33. The molecular weight excluding hydrogens is 1220 g/mol. The minimum absolute atomic E-state index is 0.109. The first-order valence-corrected chi connectivity index (χ1v) is 39.9. The highest BCUT2D eigenvalue weighted by Gasteiger charge is 2.29. The van der Waals surface area contributed by atoms with Crippen molar-refractivity contribution in [1.82, 2.24) is 0 Å². The van der Waals surface area contributed by atoms with E-state index in [9.17, 15) is 43.5 Å². The van der Waals surface area contributed by atoms with Crippen LogP contribution in [0, 0.1) is 0 Å². The Morgan fingerprint density at radius 1 is 0.312 bits per heavy atom. The van der Waals surface area contributed by atoms with Crippen LogP contribution >= 0.6 is 15.6 Å². The highest BCUT2D eigenvalue weighted by Crippen LogP contribution is 2.45. The smallest absolute Gasteiger partial charge is 0.463 e. The second-order valence-electron chi connectivity index (χ2n) is 24.7. The number of esters is 3. The van der Waals surface area contributed by atoms with Crippen LogP contribution in [0.25, 0.3) is 0 Å². The van der Waals surface area contributed by atoms with Crippen molar-refractivity contribution in [1.29, 1.82) is 0 Å². The van der Waals surface area contributed by atoms with Crippen molar-refractivity contribution < 1.29 is 75.8 Å². The van der Waals surface area contributed by atoms with Crippen molar-refractivity contribution in [2.24, 2.45) is 0 Å². The molecule has 5 atom stereocenters. The fraction of sp³-hybridized carbons (Fsp3) is 0.773. The molecule has 0 amide bonds. The molecule has 5 unspecified atom stereocenters. The predicted octanol–water partition coefficient (Wildman–Crippen LogP) is 20.9. The first-order chi connectivity index (χ1) is 45.2. The minimum Gasteiger partial charge on any atom is -0.463 e. The number of ether oxygens (including phenoxy) is 3. The lowest BCUT2D eigenvalue weighted by atomic mass is 10.0. The molecule has 0 saturated heterocycles. The number of hydrogen-bond acceptors (Lipinski definition) is 14.